The van der Waals surface area contributed by atoms with E-state index in [9.17, 15) is 19.2 Å². The van der Waals surface area contributed by atoms with Crippen molar-refractivity contribution in [1.29, 1.82) is 0 Å². The molecule has 0 bridgehead atoms. The van der Waals surface area contributed by atoms with Crippen LogP contribution in [0, 0.1) is 5.92 Å². The number of halogens is 3. The SMILES string of the molecule is O=C(COC(=O)[C@@H]1CC(=O)N(NC(=O)c2ccc(Cl)c(Cl)c2)C1)Nc1ccc(Br)cc1. The molecular weight excluding hydrogens is 513 g/mol. The second-order valence-corrected chi connectivity index (χ2v) is 8.37. The van der Waals surface area contributed by atoms with Crippen LogP contribution in [0.25, 0.3) is 0 Å². The Morgan fingerprint density at radius 2 is 1.81 bits per heavy atom. The Labute approximate surface area is 195 Å². The Hall–Kier alpha value is -2.62. The Balaban J connectivity index is 1.49. The molecule has 0 saturated carbocycles. The zero-order valence-electron chi connectivity index (χ0n) is 15.9. The van der Waals surface area contributed by atoms with Crippen molar-refractivity contribution in [3.8, 4) is 0 Å². The molecule has 1 fully saturated rings. The van der Waals surface area contributed by atoms with Gasteiger partial charge >= 0.3 is 5.97 Å². The van der Waals surface area contributed by atoms with Crippen molar-refractivity contribution >= 4 is 68.5 Å². The minimum atomic E-state index is -0.804. The number of hydrogen-bond acceptors (Lipinski definition) is 5. The molecule has 11 heteroatoms. The summed E-state index contributed by atoms with van der Waals surface area (Å²) in [6, 6.07) is 11.2. The third kappa shape index (κ3) is 6.19. The van der Waals surface area contributed by atoms with E-state index in [1.807, 2.05) is 0 Å². The van der Waals surface area contributed by atoms with Gasteiger partial charge in [-0.05, 0) is 42.5 Å². The van der Waals surface area contributed by atoms with Crippen LogP contribution < -0.4 is 10.7 Å². The van der Waals surface area contributed by atoms with Gasteiger partial charge in [0.1, 0.15) is 0 Å². The number of rotatable bonds is 6. The van der Waals surface area contributed by atoms with Crippen LogP contribution in [0.4, 0.5) is 5.69 Å². The van der Waals surface area contributed by atoms with Gasteiger partial charge < -0.3 is 10.1 Å². The summed E-state index contributed by atoms with van der Waals surface area (Å²) in [6.07, 6.45) is -0.144. The lowest BCUT2D eigenvalue weighted by atomic mass is 10.1. The van der Waals surface area contributed by atoms with Gasteiger partial charge in [-0.25, -0.2) is 0 Å². The highest BCUT2D eigenvalue weighted by molar-refractivity contribution is 9.10. The number of carbonyl (C=O) groups excluding carboxylic acids is 4. The summed E-state index contributed by atoms with van der Waals surface area (Å²) >= 11 is 15.0. The van der Waals surface area contributed by atoms with E-state index in [1.165, 1.54) is 18.2 Å². The number of nitrogens with zero attached hydrogens (tertiary/aromatic N) is 1. The Morgan fingerprint density at radius 1 is 1.10 bits per heavy atom. The van der Waals surface area contributed by atoms with Gasteiger partial charge in [-0.1, -0.05) is 39.1 Å². The minimum absolute atomic E-state index is 0.0704. The number of amides is 3. The number of ether oxygens (including phenoxy) is 1. The summed E-state index contributed by atoms with van der Waals surface area (Å²) in [4.78, 5) is 48.7. The summed E-state index contributed by atoms with van der Waals surface area (Å²) in [5.74, 6) is -3.04. The average molecular weight is 529 g/mol. The lowest BCUT2D eigenvalue weighted by molar-refractivity contribution is -0.151. The summed E-state index contributed by atoms with van der Waals surface area (Å²) in [5.41, 5.74) is 3.19. The first-order valence-electron chi connectivity index (χ1n) is 9.01. The summed E-state index contributed by atoms with van der Waals surface area (Å²) in [6.45, 7) is -0.561. The van der Waals surface area contributed by atoms with Crippen LogP contribution in [-0.4, -0.2) is 41.9 Å². The van der Waals surface area contributed by atoms with Crippen molar-refractivity contribution in [3.63, 3.8) is 0 Å². The first kappa shape index (κ1) is 23.1. The third-order valence-corrected chi connectivity index (χ3v) is 5.62. The molecule has 2 aromatic carbocycles. The van der Waals surface area contributed by atoms with E-state index in [0.717, 1.165) is 9.48 Å². The second-order valence-electron chi connectivity index (χ2n) is 6.64. The van der Waals surface area contributed by atoms with Crippen molar-refractivity contribution in [1.82, 2.24) is 10.4 Å². The van der Waals surface area contributed by atoms with Gasteiger partial charge in [-0.3, -0.25) is 29.6 Å². The third-order valence-electron chi connectivity index (χ3n) is 4.35. The first-order chi connectivity index (χ1) is 14.7. The lowest BCUT2D eigenvalue weighted by Crippen LogP contribution is -2.43. The molecule has 0 unspecified atom stereocenters. The number of esters is 1. The van der Waals surface area contributed by atoms with Gasteiger partial charge in [0, 0.05) is 22.1 Å². The maximum absolute atomic E-state index is 12.3. The lowest BCUT2D eigenvalue weighted by Gasteiger charge is -2.17. The van der Waals surface area contributed by atoms with E-state index in [2.05, 4.69) is 26.7 Å². The van der Waals surface area contributed by atoms with Crippen molar-refractivity contribution < 1.29 is 23.9 Å². The summed E-state index contributed by atoms with van der Waals surface area (Å²) < 4.78 is 5.87. The molecule has 1 aliphatic heterocycles. The van der Waals surface area contributed by atoms with E-state index in [4.69, 9.17) is 27.9 Å². The number of carbonyl (C=O) groups is 4. The van der Waals surface area contributed by atoms with Gasteiger partial charge in [0.25, 0.3) is 11.8 Å². The van der Waals surface area contributed by atoms with Gasteiger partial charge in [0.2, 0.25) is 5.91 Å². The van der Waals surface area contributed by atoms with Crippen LogP contribution in [0.5, 0.6) is 0 Å². The standard InChI is InChI=1S/C20H16BrCl2N3O5/c21-13-2-4-14(5-3-13)24-17(27)10-31-20(30)12-8-18(28)26(9-12)25-19(29)11-1-6-15(22)16(23)7-11/h1-7,12H,8-10H2,(H,24,27)(H,25,29)/t12-/m1/s1. The monoisotopic (exact) mass is 527 g/mol. The number of benzene rings is 2. The minimum Gasteiger partial charge on any atom is -0.455 e. The largest absolute Gasteiger partial charge is 0.455 e. The molecule has 0 spiro atoms. The fourth-order valence-electron chi connectivity index (χ4n) is 2.78. The van der Waals surface area contributed by atoms with Crippen LogP contribution in [-0.2, 0) is 19.1 Å². The highest BCUT2D eigenvalue weighted by Crippen LogP contribution is 2.23. The fourth-order valence-corrected chi connectivity index (χ4v) is 3.35. The van der Waals surface area contributed by atoms with Gasteiger partial charge in [-0.15, -0.1) is 0 Å². The van der Waals surface area contributed by atoms with Crippen LogP contribution in [0.15, 0.2) is 46.9 Å². The molecule has 162 valence electrons. The maximum Gasteiger partial charge on any atom is 0.311 e. The highest BCUT2D eigenvalue weighted by Gasteiger charge is 2.36. The summed E-state index contributed by atoms with van der Waals surface area (Å²) in [7, 11) is 0. The molecule has 3 rings (SSSR count). The van der Waals surface area contributed by atoms with E-state index in [0.29, 0.717) is 10.7 Å². The molecule has 2 N–H and O–H groups in total. The predicted octanol–water partition coefficient (Wildman–Crippen LogP) is 3.43. The molecule has 2 aromatic rings. The molecule has 3 amide bonds. The molecule has 8 nitrogen and oxygen atoms in total. The van der Waals surface area contributed by atoms with Crippen LogP contribution in [0.3, 0.4) is 0 Å². The molecule has 31 heavy (non-hydrogen) atoms. The molecule has 0 aromatic heterocycles. The van der Waals surface area contributed by atoms with Crippen LogP contribution in [0.2, 0.25) is 10.0 Å². The first-order valence-corrected chi connectivity index (χ1v) is 10.6. The molecular formula is C20H16BrCl2N3O5. The quantitative estimate of drug-likeness (QED) is 0.559. The molecule has 1 heterocycles. The smallest absolute Gasteiger partial charge is 0.311 e. The number of nitrogens with one attached hydrogen (secondary N) is 2. The Morgan fingerprint density at radius 3 is 2.48 bits per heavy atom. The highest BCUT2D eigenvalue weighted by atomic mass is 79.9. The fraction of sp³-hybridized carbons (Fsp3) is 0.200. The van der Waals surface area contributed by atoms with E-state index >= 15 is 0 Å². The molecule has 0 aliphatic carbocycles. The van der Waals surface area contributed by atoms with Gasteiger partial charge in [0.15, 0.2) is 6.61 Å². The second kappa shape index (κ2) is 10.1. The van der Waals surface area contributed by atoms with Crippen molar-refractivity contribution in [2.75, 3.05) is 18.5 Å². The summed E-state index contributed by atoms with van der Waals surface area (Å²) in [5, 5.41) is 4.13. The van der Waals surface area contributed by atoms with E-state index in [-0.39, 0.29) is 23.6 Å². The van der Waals surface area contributed by atoms with Crippen molar-refractivity contribution in [2.45, 2.75) is 6.42 Å². The zero-order chi connectivity index (χ0) is 22.5. The Bertz CT molecular complexity index is 1030. The van der Waals surface area contributed by atoms with Crippen molar-refractivity contribution in [3.05, 3.63) is 62.5 Å². The molecule has 1 aliphatic rings. The number of hydrogen-bond donors (Lipinski definition) is 2. The normalized spacial score (nSPS) is 15.5. The van der Waals surface area contributed by atoms with Gasteiger partial charge in [-0.2, -0.15) is 0 Å². The topological polar surface area (TPSA) is 105 Å². The molecule has 1 saturated heterocycles. The number of anilines is 1. The number of hydrazine groups is 1. The van der Waals surface area contributed by atoms with E-state index in [1.54, 1.807) is 24.3 Å². The zero-order valence-corrected chi connectivity index (χ0v) is 19.0. The van der Waals surface area contributed by atoms with Crippen LogP contribution in [0.1, 0.15) is 16.8 Å². The molecule has 1 atom stereocenters. The Kier molecular flexibility index (Phi) is 7.53. The van der Waals surface area contributed by atoms with Crippen molar-refractivity contribution in [2.24, 2.45) is 5.92 Å². The maximum atomic E-state index is 12.3. The van der Waals surface area contributed by atoms with Gasteiger partial charge in [0.05, 0.1) is 22.5 Å². The molecule has 0 radical (unpaired) electrons. The van der Waals surface area contributed by atoms with E-state index < -0.39 is 36.2 Å². The van der Waals surface area contributed by atoms with Crippen LogP contribution >= 0.6 is 39.1 Å². The average Bonchev–Trinajstić information content (AvgIpc) is 3.10. The predicted molar refractivity (Wildman–Crippen MR) is 117 cm³/mol.